The second-order valence-electron chi connectivity index (χ2n) is 6.27. The lowest BCUT2D eigenvalue weighted by Crippen LogP contribution is -2.39. The third-order valence-electron chi connectivity index (χ3n) is 3.06. The van der Waals surface area contributed by atoms with Crippen molar-refractivity contribution in [1.29, 1.82) is 0 Å². The standard InChI is InChI=1S/C16H21NO3/c1-16(2,3)9-12(10-18)17-15(19)14-8-11-6-4-5-7-13(11)20-14/h4-8,12,18H,9-10H2,1-3H3,(H,17,19). The molecular formula is C16H21NO3. The van der Waals surface area contributed by atoms with Gasteiger partial charge >= 0.3 is 0 Å². The normalized spacial score (nSPS) is 13.4. The first-order valence-electron chi connectivity index (χ1n) is 6.79. The minimum Gasteiger partial charge on any atom is -0.451 e. The van der Waals surface area contributed by atoms with Gasteiger partial charge in [0.2, 0.25) is 0 Å². The topological polar surface area (TPSA) is 62.5 Å². The van der Waals surface area contributed by atoms with Crippen molar-refractivity contribution in [3.63, 3.8) is 0 Å². The Hall–Kier alpha value is -1.81. The van der Waals surface area contributed by atoms with Gasteiger partial charge in [0, 0.05) is 5.39 Å². The molecule has 2 aromatic rings. The highest BCUT2D eigenvalue weighted by atomic mass is 16.3. The Morgan fingerprint density at radius 3 is 2.65 bits per heavy atom. The Balaban J connectivity index is 2.10. The maximum absolute atomic E-state index is 12.2. The van der Waals surface area contributed by atoms with Crippen molar-refractivity contribution < 1.29 is 14.3 Å². The van der Waals surface area contributed by atoms with Crippen LogP contribution in [0, 0.1) is 5.41 Å². The van der Waals surface area contributed by atoms with Crippen molar-refractivity contribution in [2.24, 2.45) is 5.41 Å². The van der Waals surface area contributed by atoms with Gasteiger partial charge in [-0.1, -0.05) is 39.0 Å². The number of hydrogen-bond donors (Lipinski definition) is 2. The second-order valence-corrected chi connectivity index (χ2v) is 6.27. The maximum atomic E-state index is 12.2. The predicted molar refractivity (Wildman–Crippen MR) is 78.6 cm³/mol. The highest BCUT2D eigenvalue weighted by molar-refractivity contribution is 5.96. The average Bonchev–Trinajstić information content (AvgIpc) is 2.80. The summed E-state index contributed by atoms with van der Waals surface area (Å²) in [6.07, 6.45) is 0.704. The first-order chi connectivity index (χ1) is 9.39. The van der Waals surface area contributed by atoms with E-state index in [-0.39, 0.29) is 29.7 Å². The van der Waals surface area contributed by atoms with Gasteiger partial charge in [0.05, 0.1) is 12.6 Å². The number of rotatable bonds is 4. The quantitative estimate of drug-likeness (QED) is 0.901. The number of amides is 1. The molecule has 1 aromatic carbocycles. The van der Waals surface area contributed by atoms with E-state index in [9.17, 15) is 9.90 Å². The number of nitrogens with one attached hydrogen (secondary N) is 1. The molecule has 1 aromatic heterocycles. The van der Waals surface area contributed by atoms with Gasteiger partial charge in [-0.3, -0.25) is 4.79 Å². The molecule has 0 saturated heterocycles. The summed E-state index contributed by atoms with van der Waals surface area (Å²) in [5.41, 5.74) is 0.725. The molecule has 108 valence electrons. The lowest BCUT2D eigenvalue weighted by molar-refractivity contribution is 0.0872. The Labute approximate surface area is 118 Å². The molecule has 1 atom stereocenters. The summed E-state index contributed by atoms with van der Waals surface area (Å²) in [5.74, 6) is -0.0111. The predicted octanol–water partition coefficient (Wildman–Crippen LogP) is 2.96. The van der Waals surface area contributed by atoms with Crippen LogP contribution >= 0.6 is 0 Å². The van der Waals surface area contributed by atoms with Crippen molar-refractivity contribution in [2.45, 2.75) is 33.2 Å². The highest BCUT2D eigenvalue weighted by Gasteiger charge is 2.21. The van der Waals surface area contributed by atoms with Crippen molar-refractivity contribution in [2.75, 3.05) is 6.61 Å². The molecule has 1 amide bonds. The summed E-state index contributed by atoms with van der Waals surface area (Å²) in [6.45, 7) is 6.14. The van der Waals surface area contributed by atoms with Gasteiger partial charge in [-0.25, -0.2) is 0 Å². The van der Waals surface area contributed by atoms with Crippen LogP contribution in [0.3, 0.4) is 0 Å². The molecule has 0 saturated carbocycles. The Bertz CT molecular complexity index is 562. The van der Waals surface area contributed by atoms with Gasteiger partial charge in [-0.05, 0) is 24.0 Å². The minimum absolute atomic E-state index is 0.0363. The number of aliphatic hydroxyl groups is 1. The number of furan rings is 1. The van der Waals surface area contributed by atoms with Gasteiger partial charge in [0.15, 0.2) is 5.76 Å². The summed E-state index contributed by atoms with van der Waals surface area (Å²) in [5, 5.41) is 13.1. The van der Waals surface area contributed by atoms with Crippen LogP contribution in [0.25, 0.3) is 11.0 Å². The zero-order chi connectivity index (χ0) is 14.8. The molecule has 0 aliphatic rings. The Morgan fingerprint density at radius 1 is 1.35 bits per heavy atom. The number of aliphatic hydroxyl groups excluding tert-OH is 1. The van der Waals surface area contributed by atoms with Crippen molar-refractivity contribution in [3.05, 3.63) is 36.1 Å². The monoisotopic (exact) mass is 275 g/mol. The van der Waals surface area contributed by atoms with Crippen LogP contribution in [0.4, 0.5) is 0 Å². The molecule has 0 bridgehead atoms. The molecule has 0 fully saturated rings. The first kappa shape index (κ1) is 14.6. The van der Waals surface area contributed by atoms with Crippen molar-refractivity contribution in [3.8, 4) is 0 Å². The zero-order valence-corrected chi connectivity index (χ0v) is 12.1. The van der Waals surface area contributed by atoms with E-state index in [1.54, 1.807) is 6.07 Å². The first-order valence-corrected chi connectivity index (χ1v) is 6.79. The fourth-order valence-electron chi connectivity index (χ4n) is 2.25. The van der Waals surface area contributed by atoms with E-state index in [4.69, 9.17) is 4.42 Å². The molecule has 4 heteroatoms. The van der Waals surface area contributed by atoms with Gasteiger partial charge in [0.25, 0.3) is 5.91 Å². The molecule has 2 N–H and O–H groups in total. The molecule has 4 nitrogen and oxygen atoms in total. The van der Waals surface area contributed by atoms with Crippen molar-refractivity contribution in [1.82, 2.24) is 5.32 Å². The third-order valence-corrected chi connectivity index (χ3v) is 3.06. The lowest BCUT2D eigenvalue weighted by atomic mass is 9.88. The highest BCUT2D eigenvalue weighted by Crippen LogP contribution is 2.22. The SMILES string of the molecule is CC(C)(C)CC(CO)NC(=O)c1cc2ccccc2o1. The Morgan fingerprint density at radius 2 is 2.05 bits per heavy atom. The molecular weight excluding hydrogens is 254 g/mol. The lowest BCUT2D eigenvalue weighted by Gasteiger charge is -2.25. The number of benzene rings is 1. The summed E-state index contributed by atoms with van der Waals surface area (Å²) < 4.78 is 5.51. The van der Waals surface area contributed by atoms with E-state index in [1.807, 2.05) is 24.3 Å². The number of para-hydroxylation sites is 1. The third kappa shape index (κ3) is 3.61. The second kappa shape index (κ2) is 5.67. The smallest absolute Gasteiger partial charge is 0.287 e. The minimum atomic E-state index is -0.288. The summed E-state index contributed by atoms with van der Waals surface area (Å²) in [6, 6.07) is 8.94. The fraction of sp³-hybridized carbons (Fsp3) is 0.438. The fourth-order valence-corrected chi connectivity index (χ4v) is 2.25. The van der Waals surface area contributed by atoms with Crippen molar-refractivity contribution >= 4 is 16.9 Å². The van der Waals surface area contributed by atoms with Crippen LogP contribution in [0.5, 0.6) is 0 Å². The van der Waals surface area contributed by atoms with Gasteiger partial charge in [-0.15, -0.1) is 0 Å². The van der Waals surface area contributed by atoms with Crippen LogP contribution in [0.1, 0.15) is 37.7 Å². The van der Waals surface area contributed by atoms with Crippen LogP contribution in [-0.4, -0.2) is 23.7 Å². The van der Waals surface area contributed by atoms with E-state index in [0.717, 1.165) is 5.39 Å². The van der Waals surface area contributed by atoms with Gasteiger partial charge in [0.1, 0.15) is 5.58 Å². The molecule has 1 heterocycles. The van der Waals surface area contributed by atoms with Gasteiger partial charge in [-0.2, -0.15) is 0 Å². The summed E-state index contributed by atoms with van der Waals surface area (Å²) >= 11 is 0. The van der Waals surface area contributed by atoms with Gasteiger partial charge < -0.3 is 14.8 Å². The molecule has 0 spiro atoms. The van der Waals surface area contributed by atoms with E-state index in [1.165, 1.54) is 0 Å². The summed E-state index contributed by atoms with van der Waals surface area (Å²) in [4.78, 5) is 12.2. The van der Waals surface area contributed by atoms with E-state index < -0.39 is 0 Å². The molecule has 1 unspecified atom stereocenters. The van der Waals surface area contributed by atoms with Crippen LogP contribution < -0.4 is 5.32 Å². The van der Waals surface area contributed by atoms with Crippen LogP contribution in [0.15, 0.2) is 34.7 Å². The maximum Gasteiger partial charge on any atom is 0.287 e. The summed E-state index contributed by atoms with van der Waals surface area (Å²) in [7, 11) is 0. The Kier molecular flexibility index (Phi) is 4.14. The van der Waals surface area contributed by atoms with E-state index in [0.29, 0.717) is 12.0 Å². The largest absolute Gasteiger partial charge is 0.451 e. The van der Waals surface area contributed by atoms with E-state index in [2.05, 4.69) is 26.1 Å². The van der Waals surface area contributed by atoms with E-state index >= 15 is 0 Å². The molecule has 20 heavy (non-hydrogen) atoms. The molecule has 0 radical (unpaired) electrons. The van der Waals surface area contributed by atoms with Crippen LogP contribution in [0.2, 0.25) is 0 Å². The number of fused-ring (bicyclic) bond motifs is 1. The number of carbonyl (C=O) groups is 1. The van der Waals surface area contributed by atoms with Crippen LogP contribution in [-0.2, 0) is 0 Å². The molecule has 0 aliphatic heterocycles. The number of hydrogen-bond acceptors (Lipinski definition) is 3. The zero-order valence-electron chi connectivity index (χ0n) is 12.1. The molecule has 0 aliphatic carbocycles. The average molecular weight is 275 g/mol. The number of carbonyl (C=O) groups excluding carboxylic acids is 1. The molecule has 2 rings (SSSR count).